The topological polar surface area (TPSA) is 122 Å². The number of aromatic hydroxyl groups is 1. The van der Waals surface area contributed by atoms with E-state index in [2.05, 4.69) is 0 Å². The Morgan fingerprint density at radius 2 is 1.75 bits per heavy atom. The number of hydrogen-bond acceptors (Lipinski definition) is 8. The number of likely N-dealkylation sites (tertiary alicyclic amines) is 1. The molecular formula is C41H41ClN4O6S. The minimum atomic E-state index is -1.30. The number of allylic oxidation sites excluding steroid dienone is 2. The number of amides is 4. The van der Waals surface area contributed by atoms with E-state index in [1.165, 1.54) is 18.1 Å². The fourth-order valence-electron chi connectivity index (χ4n) is 10.4. The lowest BCUT2D eigenvalue weighted by molar-refractivity contribution is -0.144. The van der Waals surface area contributed by atoms with Crippen LogP contribution in [0.2, 0.25) is 5.02 Å². The third-order valence-corrected chi connectivity index (χ3v) is 14.5. The average Bonchev–Trinajstić information content (AvgIpc) is 3.82. The van der Waals surface area contributed by atoms with Crippen LogP contribution in [0.25, 0.3) is 20.7 Å². The molecule has 274 valence electrons. The van der Waals surface area contributed by atoms with Gasteiger partial charge in [-0.3, -0.25) is 28.8 Å². The summed E-state index contributed by atoms with van der Waals surface area (Å²) in [5, 5.41) is 18.0. The van der Waals surface area contributed by atoms with Crippen molar-refractivity contribution in [3.05, 3.63) is 70.3 Å². The van der Waals surface area contributed by atoms with Gasteiger partial charge in [0, 0.05) is 46.4 Å². The second-order valence-electron chi connectivity index (χ2n) is 15.6. The van der Waals surface area contributed by atoms with Crippen molar-refractivity contribution >= 4 is 62.5 Å². The largest absolute Gasteiger partial charge is 0.508 e. The zero-order valence-corrected chi connectivity index (χ0v) is 31.7. The van der Waals surface area contributed by atoms with Crippen molar-refractivity contribution in [2.75, 3.05) is 12.0 Å². The Balaban J connectivity index is 1.15. The average molecular weight is 753 g/mol. The molecule has 5 aliphatic rings. The number of aryl methyl sites for hydroxylation is 2. The van der Waals surface area contributed by atoms with Crippen LogP contribution >= 0.6 is 22.9 Å². The van der Waals surface area contributed by atoms with E-state index in [0.29, 0.717) is 34.3 Å². The second-order valence-corrected chi connectivity index (χ2v) is 17.1. The zero-order chi connectivity index (χ0) is 37.1. The van der Waals surface area contributed by atoms with Crippen molar-refractivity contribution in [2.24, 2.45) is 36.1 Å². The molecule has 2 aromatic carbocycles. The highest BCUT2D eigenvalue weighted by atomic mass is 35.5. The number of phenols is 1. The molecule has 2 aromatic heterocycles. The van der Waals surface area contributed by atoms with Crippen LogP contribution in [0.4, 0.5) is 5.82 Å². The summed E-state index contributed by atoms with van der Waals surface area (Å²) < 4.78 is 8.03. The number of carbonyl (C=O) groups excluding carboxylic acids is 4. The molecule has 10 nitrogen and oxygen atoms in total. The molecule has 53 heavy (non-hydrogen) atoms. The standard InChI is InChI=1S/C41H41ClN4O6S/c1-20-27-16-21(42)10-15-32(27)53-36(20)30-19-33(44(3)43-30)46-38(49)29-18-28-24(35(41(29,2)40(46)51)25-12-11-23(52-4)17-31(25)47)13-14-26-34(28)39(50)45(37(26)48)22-8-6-5-7-9-22/h10-13,15-17,19,22,26,28-29,34-35,47H,5-9,14,18H2,1-4H3/t26-,28+,29-,34-,35+,41+/m0/s1. The monoisotopic (exact) mass is 752 g/mol. The Labute approximate surface area is 316 Å². The van der Waals surface area contributed by atoms with E-state index < -0.39 is 35.0 Å². The highest BCUT2D eigenvalue weighted by molar-refractivity contribution is 7.22. The van der Waals surface area contributed by atoms with Crippen LogP contribution in [0.3, 0.4) is 0 Å². The highest BCUT2D eigenvalue weighted by Gasteiger charge is 2.68. The van der Waals surface area contributed by atoms with Gasteiger partial charge in [-0.15, -0.1) is 11.3 Å². The fraction of sp³-hybridized carbons (Fsp3) is 0.439. The van der Waals surface area contributed by atoms with E-state index in [0.717, 1.165) is 58.2 Å². The van der Waals surface area contributed by atoms with Gasteiger partial charge >= 0.3 is 0 Å². The van der Waals surface area contributed by atoms with Gasteiger partial charge in [-0.1, -0.05) is 48.6 Å². The third-order valence-electron chi connectivity index (χ3n) is 13.0. The van der Waals surface area contributed by atoms with Crippen LogP contribution in [0.1, 0.15) is 68.9 Å². The lowest BCUT2D eigenvalue weighted by Gasteiger charge is -2.49. The van der Waals surface area contributed by atoms with Crippen molar-refractivity contribution in [1.82, 2.24) is 14.7 Å². The first-order valence-electron chi connectivity index (χ1n) is 18.5. The summed E-state index contributed by atoms with van der Waals surface area (Å²) in [6.45, 7) is 3.84. The Morgan fingerprint density at radius 1 is 0.981 bits per heavy atom. The number of imide groups is 2. The summed E-state index contributed by atoms with van der Waals surface area (Å²) in [6.07, 6.45) is 7.35. The number of anilines is 1. The molecule has 2 saturated carbocycles. The number of carbonyl (C=O) groups is 4. The first-order chi connectivity index (χ1) is 25.4. The molecule has 2 saturated heterocycles. The molecule has 4 fully saturated rings. The van der Waals surface area contributed by atoms with Gasteiger partial charge in [0.2, 0.25) is 23.6 Å². The quantitative estimate of drug-likeness (QED) is 0.165. The van der Waals surface area contributed by atoms with Gasteiger partial charge in [0.15, 0.2) is 0 Å². The number of aromatic nitrogens is 2. The number of benzene rings is 2. The van der Waals surface area contributed by atoms with Crippen molar-refractivity contribution < 1.29 is 29.0 Å². The highest BCUT2D eigenvalue weighted by Crippen LogP contribution is 2.64. The first kappa shape index (κ1) is 34.3. The van der Waals surface area contributed by atoms with Crippen LogP contribution in [0.15, 0.2) is 54.1 Å². The molecule has 2 aliphatic heterocycles. The van der Waals surface area contributed by atoms with Gasteiger partial charge in [-0.25, -0.2) is 4.90 Å². The smallest absolute Gasteiger partial charge is 0.242 e. The van der Waals surface area contributed by atoms with E-state index in [4.69, 9.17) is 21.4 Å². The summed E-state index contributed by atoms with van der Waals surface area (Å²) in [4.78, 5) is 62.1. The zero-order valence-electron chi connectivity index (χ0n) is 30.1. The first-order valence-corrected chi connectivity index (χ1v) is 19.7. The minimum Gasteiger partial charge on any atom is -0.508 e. The van der Waals surface area contributed by atoms with Gasteiger partial charge in [-0.05, 0) is 80.7 Å². The van der Waals surface area contributed by atoms with Gasteiger partial charge < -0.3 is 9.84 Å². The van der Waals surface area contributed by atoms with E-state index in [9.17, 15) is 19.5 Å². The van der Waals surface area contributed by atoms with Crippen LogP contribution < -0.4 is 9.64 Å². The number of phenolic OH excluding ortho intramolecular Hbond substituents is 1. The summed E-state index contributed by atoms with van der Waals surface area (Å²) >= 11 is 7.89. The molecule has 1 N–H and O–H groups in total. The molecule has 12 heteroatoms. The number of hydrogen-bond donors (Lipinski definition) is 1. The van der Waals surface area contributed by atoms with E-state index in [1.807, 2.05) is 38.1 Å². The molecule has 9 rings (SSSR count). The summed E-state index contributed by atoms with van der Waals surface area (Å²) in [5.41, 5.74) is 1.67. The van der Waals surface area contributed by atoms with E-state index in [-0.39, 0.29) is 41.8 Å². The number of rotatable bonds is 5. The lowest BCUT2D eigenvalue weighted by atomic mass is 9.51. The normalized spacial score (nSPS) is 28.8. The molecule has 0 spiro atoms. The maximum absolute atomic E-state index is 15.1. The maximum atomic E-state index is 15.1. The minimum absolute atomic E-state index is 0.0579. The molecule has 0 unspecified atom stereocenters. The second kappa shape index (κ2) is 12.3. The number of thiophene rings is 1. The molecule has 6 atom stereocenters. The lowest BCUT2D eigenvalue weighted by Crippen LogP contribution is -2.49. The van der Waals surface area contributed by atoms with Crippen molar-refractivity contribution in [2.45, 2.75) is 70.8 Å². The summed E-state index contributed by atoms with van der Waals surface area (Å²) in [6, 6.07) is 12.5. The Kier molecular flexibility index (Phi) is 7.95. The van der Waals surface area contributed by atoms with Crippen LogP contribution in [-0.4, -0.2) is 56.6 Å². The number of methoxy groups -OCH3 is 1. The summed E-state index contributed by atoms with van der Waals surface area (Å²) in [5.74, 6) is -3.41. The van der Waals surface area contributed by atoms with Crippen LogP contribution in [0, 0.1) is 36.0 Å². The Bertz CT molecular complexity index is 2290. The van der Waals surface area contributed by atoms with E-state index in [1.54, 1.807) is 46.2 Å². The Hall–Kier alpha value is -4.48. The van der Waals surface area contributed by atoms with Gasteiger partial charge in [0.1, 0.15) is 23.0 Å². The third kappa shape index (κ3) is 4.85. The molecule has 4 heterocycles. The van der Waals surface area contributed by atoms with Crippen LogP contribution in [-0.2, 0) is 26.2 Å². The van der Waals surface area contributed by atoms with Gasteiger partial charge in [0.25, 0.3) is 0 Å². The summed E-state index contributed by atoms with van der Waals surface area (Å²) in [7, 11) is 3.24. The molecular weight excluding hydrogens is 712 g/mol. The number of halogens is 1. The SMILES string of the molecule is COc1ccc([C@H]2C3=CC[C@@H]4C(=O)N(C5CCCCC5)C(=O)[C@@H]4[C@@H]3C[C@H]3C(=O)N(c4cc(-c5sc6ccc(Cl)cc6c5C)nn4C)C(=O)[C@@]23C)c(O)c1. The molecule has 4 amide bonds. The van der Waals surface area contributed by atoms with E-state index >= 15 is 4.79 Å². The number of ether oxygens (including phenoxy) is 1. The predicted molar refractivity (Wildman–Crippen MR) is 202 cm³/mol. The van der Waals surface area contributed by atoms with Crippen LogP contribution in [0.5, 0.6) is 11.5 Å². The number of nitrogens with zero attached hydrogens (tertiary/aromatic N) is 4. The fourth-order valence-corrected chi connectivity index (χ4v) is 11.7. The number of fused-ring (bicyclic) bond motifs is 5. The van der Waals surface area contributed by atoms with Gasteiger partial charge in [0.05, 0.1) is 35.2 Å². The maximum Gasteiger partial charge on any atom is 0.242 e. The van der Waals surface area contributed by atoms with Crippen molar-refractivity contribution in [1.29, 1.82) is 0 Å². The Morgan fingerprint density at radius 3 is 2.49 bits per heavy atom. The molecule has 0 bridgehead atoms. The van der Waals surface area contributed by atoms with Crippen molar-refractivity contribution in [3.8, 4) is 22.1 Å². The molecule has 0 radical (unpaired) electrons. The van der Waals surface area contributed by atoms with Gasteiger partial charge in [-0.2, -0.15) is 5.10 Å². The molecule has 3 aliphatic carbocycles. The predicted octanol–water partition coefficient (Wildman–Crippen LogP) is 7.54. The molecule has 4 aromatic rings. The van der Waals surface area contributed by atoms with Crippen molar-refractivity contribution in [3.63, 3.8) is 0 Å².